The van der Waals surface area contributed by atoms with E-state index in [0.29, 0.717) is 19.5 Å². The van der Waals surface area contributed by atoms with Crippen LogP contribution in [0.15, 0.2) is 65.6 Å². The van der Waals surface area contributed by atoms with E-state index in [1.165, 1.54) is 12.1 Å². The molecule has 1 N–H and O–H groups in total. The molecule has 6 heteroatoms. The average Bonchev–Trinajstić information content (AvgIpc) is 2.69. The number of carbonyl (C=O) groups excluding carboxylic acids is 1. The maximum atomic E-state index is 13.0. The first kappa shape index (κ1) is 18.6. The molecule has 1 fully saturated rings. The van der Waals surface area contributed by atoms with Crippen molar-refractivity contribution >= 4 is 15.9 Å². The number of hydrogen-bond acceptors (Lipinski definition) is 3. The van der Waals surface area contributed by atoms with E-state index < -0.39 is 16.1 Å². The molecule has 0 spiro atoms. The third-order valence-electron chi connectivity index (χ3n) is 4.60. The Balaban J connectivity index is 1.83. The first-order valence-electron chi connectivity index (χ1n) is 8.96. The second-order valence-corrected chi connectivity index (χ2v) is 8.28. The highest BCUT2D eigenvalue weighted by molar-refractivity contribution is 7.89. The van der Waals surface area contributed by atoms with Gasteiger partial charge in [0.1, 0.15) is 6.04 Å². The van der Waals surface area contributed by atoms with Gasteiger partial charge in [-0.05, 0) is 43.4 Å². The number of benzene rings is 2. The van der Waals surface area contributed by atoms with Gasteiger partial charge in [-0.2, -0.15) is 4.72 Å². The van der Waals surface area contributed by atoms with Crippen LogP contribution in [0.3, 0.4) is 0 Å². The van der Waals surface area contributed by atoms with Gasteiger partial charge in [0, 0.05) is 13.1 Å². The van der Waals surface area contributed by atoms with Crippen LogP contribution in [-0.2, 0) is 21.2 Å². The summed E-state index contributed by atoms with van der Waals surface area (Å²) in [5, 5.41) is 0. The Morgan fingerprint density at radius 1 is 0.923 bits per heavy atom. The summed E-state index contributed by atoms with van der Waals surface area (Å²) in [7, 11) is -3.76. The lowest BCUT2D eigenvalue weighted by atomic mass is 10.0. The van der Waals surface area contributed by atoms with E-state index in [9.17, 15) is 13.2 Å². The van der Waals surface area contributed by atoms with Crippen LogP contribution in [0.4, 0.5) is 0 Å². The lowest BCUT2D eigenvalue weighted by molar-refractivity contribution is -0.133. The SMILES string of the molecule is O=C(C(Cc1ccccc1)NS(=O)(=O)c1ccccc1)N1CCCCC1. The van der Waals surface area contributed by atoms with Gasteiger partial charge >= 0.3 is 0 Å². The van der Waals surface area contributed by atoms with Crippen LogP contribution in [0, 0.1) is 0 Å². The number of hydrogen-bond donors (Lipinski definition) is 1. The Kier molecular flexibility index (Phi) is 6.06. The molecule has 1 atom stereocenters. The van der Waals surface area contributed by atoms with Crippen molar-refractivity contribution in [1.29, 1.82) is 0 Å². The molecule has 26 heavy (non-hydrogen) atoms. The van der Waals surface area contributed by atoms with Crippen molar-refractivity contribution in [3.63, 3.8) is 0 Å². The minimum Gasteiger partial charge on any atom is -0.341 e. The molecule has 0 aromatic heterocycles. The van der Waals surface area contributed by atoms with E-state index in [1.54, 1.807) is 23.1 Å². The molecule has 1 saturated heterocycles. The molecule has 1 aliphatic heterocycles. The number of sulfonamides is 1. The van der Waals surface area contributed by atoms with E-state index >= 15 is 0 Å². The number of nitrogens with one attached hydrogen (secondary N) is 1. The first-order chi connectivity index (χ1) is 12.6. The third-order valence-corrected chi connectivity index (χ3v) is 6.09. The monoisotopic (exact) mass is 372 g/mol. The Hall–Kier alpha value is -2.18. The van der Waals surface area contributed by atoms with Gasteiger partial charge in [0.05, 0.1) is 4.90 Å². The van der Waals surface area contributed by atoms with Crippen molar-refractivity contribution in [3.8, 4) is 0 Å². The average molecular weight is 372 g/mol. The van der Waals surface area contributed by atoms with Gasteiger partial charge in [-0.1, -0.05) is 48.5 Å². The number of carbonyl (C=O) groups is 1. The van der Waals surface area contributed by atoms with Crippen LogP contribution in [0.5, 0.6) is 0 Å². The van der Waals surface area contributed by atoms with Crippen molar-refractivity contribution in [2.24, 2.45) is 0 Å². The van der Waals surface area contributed by atoms with Gasteiger partial charge in [-0.25, -0.2) is 8.42 Å². The van der Waals surface area contributed by atoms with Crippen LogP contribution < -0.4 is 4.72 Å². The number of likely N-dealkylation sites (tertiary alicyclic amines) is 1. The molecule has 2 aromatic carbocycles. The number of amides is 1. The third kappa shape index (κ3) is 4.71. The predicted molar refractivity (Wildman–Crippen MR) is 101 cm³/mol. The van der Waals surface area contributed by atoms with Gasteiger partial charge in [0.25, 0.3) is 0 Å². The number of rotatable bonds is 6. The van der Waals surface area contributed by atoms with Crippen molar-refractivity contribution in [2.45, 2.75) is 36.6 Å². The van der Waals surface area contributed by atoms with Crippen LogP contribution in [0.25, 0.3) is 0 Å². The van der Waals surface area contributed by atoms with Crippen LogP contribution >= 0.6 is 0 Å². The summed E-state index contributed by atoms with van der Waals surface area (Å²) in [6.07, 6.45) is 3.38. The summed E-state index contributed by atoms with van der Waals surface area (Å²) in [6.45, 7) is 1.38. The topological polar surface area (TPSA) is 66.5 Å². The van der Waals surface area contributed by atoms with Crippen LogP contribution in [0.1, 0.15) is 24.8 Å². The molecule has 1 amide bonds. The molecule has 1 heterocycles. The Labute approximate surface area is 155 Å². The highest BCUT2D eigenvalue weighted by Crippen LogP contribution is 2.15. The minimum atomic E-state index is -3.76. The standard InChI is InChI=1S/C20H24N2O3S/c23-20(22-14-8-3-9-15-22)19(16-17-10-4-1-5-11-17)21-26(24,25)18-12-6-2-7-13-18/h1-2,4-7,10-13,19,21H,3,8-9,14-16H2. The predicted octanol–water partition coefficient (Wildman–Crippen LogP) is 2.59. The van der Waals surface area contributed by atoms with Crippen molar-refractivity contribution < 1.29 is 13.2 Å². The molecular formula is C20H24N2O3S. The second kappa shape index (κ2) is 8.47. The fraction of sp³-hybridized carbons (Fsp3) is 0.350. The summed E-state index contributed by atoms with van der Waals surface area (Å²) in [6, 6.07) is 16.9. The molecule has 138 valence electrons. The highest BCUT2D eigenvalue weighted by atomic mass is 32.2. The smallest absolute Gasteiger partial charge is 0.241 e. The van der Waals surface area contributed by atoms with E-state index in [-0.39, 0.29) is 10.8 Å². The molecular weight excluding hydrogens is 348 g/mol. The van der Waals surface area contributed by atoms with Gasteiger partial charge in [-0.15, -0.1) is 0 Å². The number of nitrogens with zero attached hydrogens (tertiary/aromatic N) is 1. The number of piperidine rings is 1. The fourth-order valence-electron chi connectivity index (χ4n) is 3.22. The van der Waals surface area contributed by atoms with Gasteiger partial charge in [0.2, 0.25) is 15.9 Å². The highest BCUT2D eigenvalue weighted by Gasteiger charge is 2.30. The summed E-state index contributed by atoms with van der Waals surface area (Å²) < 4.78 is 28.1. The normalized spacial score (nSPS) is 16.2. The van der Waals surface area contributed by atoms with E-state index in [1.807, 2.05) is 30.3 Å². The molecule has 0 aliphatic carbocycles. The zero-order valence-electron chi connectivity index (χ0n) is 14.7. The molecule has 0 radical (unpaired) electrons. The zero-order valence-corrected chi connectivity index (χ0v) is 15.5. The lowest BCUT2D eigenvalue weighted by Gasteiger charge is -2.30. The fourth-order valence-corrected chi connectivity index (χ4v) is 4.43. The van der Waals surface area contributed by atoms with Gasteiger partial charge < -0.3 is 4.90 Å². The Bertz CT molecular complexity index is 817. The zero-order chi connectivity index (χ0) is 18.4. The summed E-state index contributed by atoms with van der Waals surface area (Å²) in [5.74, 6) is -0.145. The lowest BCUT2D eigenvalue weighted by Crippen LogP contribution is -2.50. The van der Waals surface area contributed by atoms with E-state index in [4.69, 9.17) is 0 Å². The molecule has 1 unspecified atom stereocenters. The van der Waals surface area contributed by atoms with Crippen molar-refractivity contribution in [1.82, 2.24) is 9.62 Å². The summed E-state index contributed by atoms with van der Waals surface area (Å²) in [4.78, 5) is 15.0. The first-order valence-corrected chi connectivity index (χ1v) is 10.4. The molecule has 0 saturated carbocycles. The second-order valence-electron chi connectivity index (χ2n) is 6.56. The Morgan fingerprint density at radius 3 is 2.12 bits per heavy atom. The van der Waals surface area contributed by atoms with Crippen molar-refractivity contribution in [3.05, 3.63) is 66.2 Å². The Morgan fingerprint density at radius 2 is 1.50 bits per heavy atom. The maximum Gasteiger partial charge on any atom is 0.241 e. The van der Waals surface area contributed by atoms with E-state index in [0.717, 1.165) is 24.8 Å². The molecule has 2 aromatic rings. The summed E-state index contributed by atoms with van der Waals surface area (Å²) in [5.41, 5.74) is 0.929. The maximum absolute atomic E-state index is 13.0. The molecule has 0 bridgehead atoms. The molecule has 5 nitrogen and oxygen atoms in total. The van der Waals surface area contributed by atoms with Crippen LogP contribution in [-0.4, -0.2) is 38.4 Å². The molecule has 3 rings (SSSR count). The van der Waals surface area contributed by atoms with Crippen molar-refractivity contribution in [2.75, 3.05) is 13.1 Å². The van der Waals surface area contributed by atoms with Crippen LogP contribution in [0.2, 0.25) is 0 Å². The summed E-state index contributed by atoms with van der Waals surface area (Å²) >= 11 is 0. The molecule has 1 aliphatic rings. The van der Waals surface area contributed by atoms with Gasteiger partial charge in [-0.3, -0.25) is 4.79 Å². The minimum absolute atomic E-state index is 0.145. The largest absolute Gasteiger partial charge is 0.341 e. The quantitative estimate of drug-likeness (QED) is 0.848. The van der Waals surface area contributed by atoms with Gasteiger partial charge in [0.15, 0.2) is 0 Å². The van der Waals surface area contributed by atoms with E-state index in [2.05, 4.69) is 4.72 Å².